The number of hydrogen-bond acceptors (Lipinski definition) is 3. The molecule has 0 radical (unpaired) electrons. The molecule has 2 saturated heterocycles. The minimum Gasteiger partial charge on any atom is -0.381 e. The molecule has 0 atom stereocenters. The monoisotopic (exact) mass is 170 g/mol. The Balaban J connectivity index is 2.01. The van der Waals surface area contributed by atoms with Crippen molar-refractivity contribution >= 4 is 5.91 Å². The summed E-state index contributed by atoms with van der Waals surface area (Å²) in [4.78, 5) is 13.4. The van der Waals surface area contributed by atoms with Crippen LogP contribution in [0.25, 0.3) is 0 Å². The van der Waals surface area contributed by atoms with Crippen molar-refractivity contribution in [2.75, 3.05) is 26.3 Å². The second-order valence-electron chi connectivity index (χ2n) is 3.56. The van der Waals surface area contributed by atoms with Crippen molar-refractivity contribution in [3.63, 3.8) is 0 Å². The Morgan fingerprint density at radius 2 is 1.92 bits per heavy atom. The highest BCUT2D eigenvalue weighted by Crippen LogP contribution is 2.23. The van der Waals surface area contributed by atoms with Crippen LogP contribution >= 0.6 is 0 Å². The Labute approximate surface area is 71.7 Å². The zero-order valence-corrected chi connectivity index (χ0v) is 7.08. The van der Waals surface area contributed by atoms with Gasteiger partial charge in [0.25, 0.3) is 0 Å². The highest BCUT2D eigenvalue weighted by molar-refractivity contribution is 5.87. The molecule has 0 aliphatic carbocycles. The molecule has 0 saturated carbocycles. The van der Waals surface area contributed by atoms with Crippen molar-refractivity contribution in [1.82, 2.24) is 4.90 Å². The van der Waals surface area contributed by atoms with E-state index < -0.39 is 5.54 Å². The molecule has 0 unspecified atom stereocenters. The first kappa shape index (κ1) is 8.01. The first-order chi connectivity index (χ1) is 5.72. The number of hydrogen-bond donors (Lipinski definition) is 1. The minimum atomic E-state index is -0.616. The second kappa shape index (κ2) is 2.71. The minimum absolute atomic E-state index is 0.116. The van der Waals surface area contributed by atoms with Gasteiger partial charge in [-0.15, -0.1) is 0 Å². The summed E-state index contributed by atoms with van der Waals surface area (Å²) in [6.07, 6.45) is 1.34. The van der Waals surface area contributed by atoms with Crippen LogP contribution in [0.15, 0.2) is 0 Å². The van der Waals surface area contributed by atoms with E-state index in [-0.39, 0.29) is 5.91 Å². The summed E-state index contributed by atoms with van der Waals surface area (Å²) in [5.74, 6) is 0.116. The van der Waals surface area contributed by atoms with E-state index in [9.17, 15) is 4.79 Å². The molecule has 2 heterocycles. The predicted molar refractivity (Wildman–Crippen MR) is 43.6 cm³/mol. The van der Waals surface area contributed by atoms with Gasteiger partial charge in [0.05, 0.1) is 5.54 Å². The average Bonchev–Trinajstić information content (AvgIpc) is 2.87. The van der Waals surface area contributed by atoms with Crippen molar-refractivity contribution in [3.05, 3.63) is 0 Å². The molecule has 2 aliphatic rings. The Bertz CT molecular complexity index is 195. The smallest absolute Gasteiger partial charge is 0.242 e. The topological polar surface area (TPSA) is 55.3 Å². The molecule has 0 aromatic carbocycles. The molecule has 0 aromatic rings. The zero-order valence-electron chi connectivity index (χ0n) is 7.08. The molecule has 0 bridgehead atoms. The predicted octanol–water partition coefficient (Wildman–Crippen LogP) is -0.664. The summed E-state index contributed by atoms with van der Waals surface area (Å²) in [6, 6.07) is 0. The van der Waals surface area contributed by atoms with E-state index in [1.807, 2.05) is 0 Å². The number of ether oxygens (including phenoxy) is 1. The van der Waals surface area contributed by atoms with Crippen LogP contribution < -0.4 is 5.73 Å². The normalized spacial score (nSPS) is 26.9. The fourth-order valence-corrected chi connectivity index (χ4v) is 1.52. The van der Waals surface area contributed by atoms with Gasteiger partial charge >= 0.3 is 0 Å². The number of carbonyl (C=O) groups is 1. The molecular formula is C8H14N2O2. The van der Waals surface area contributed by atoms with Crippen LogP contribution in [0, 0.1) is 0 Å². The molecule has 0 spiro atoms. The van der Waals surface area contributed by atoms with Gasteiger partial charge in [0.15, 0.2) is 0 Å². The van der Waals surface area contributed by atoms with Crippen LogP contribution in [-0.2, 0) is 9.53 Å². The van der Waals surface area contributed by atoms with Gasteiger partial charge in [-0.05, 0) is 12.8 Å². The van der Waals surface area contributed by atoms with Crippen LogP contribution in [0.2, 0.25) is 0 Å². The maximum absolute atomic E-state index is 11.6. The lowest BCUT2D eigenvalue weighted by atomic mass is 9.90. The third-order valence-electron chi connectivity index (χ3n) is 2.55. The number of amides is 1. The van der Waals surface area contributed by atoms with E-state index in [4.69, 9.17) is 10.5 Å². The summed E-state index contributed by atoms with van der Waals surface area (Å²) in [6.45, 7) is 3.02. The maximum Gasteiger partial charge on any atom is 0.242 e. The molecule has 4 nitrogen and oxygen atoms in total. The molecular weight excluding hydrogens is 156 g/mol. The molecule has 1 amide bonds. The molecule has 68 valence electrons. The molecule has 2 fully saturated rings. The van der Waals surface area contributed by atoms with E-state index in [1.54, 1.807) is 4.90 Å². The Morgan fingerprint density at radius 3 is 2.42 bits per heavy atom. The van der Waals surface area contributed by atoms with Crippen molar-refractivity contribution in [2.24, 2.45) is 5.73 Å². The fourth-order valence-electron chi connectivity index (χ4n) is 1.52. The number of nitrogens with two attached hydrogens (primary N) is 1. The van der Waals surface area contributed by atoms with Crippen LogP contribution in [0.1, 0.15) is 12.8 Å². The highest BCUT2D eigenvalue weighted by Gasteiger charge is 2.42. The quantitative estimate of drug-likeness (QED) is 0.531. The van der Waals surface area contributed by atoms with Gasteiger partial charge in [-0.25, -0.2) is 0 Å². The van der Waals surface area contributed by atoms with Crippen LogP contribution in [0.3, 0.4) is 0 Å². The van der Waals surface area contributed by atoms with E-state index in [2.05, 4.69) is 0 Å². The molecule has 0 aromatic heterocycles. The Kier molecular flexibility index (Phi) is 1.81. The standard InChI is InChI=1S/C8H14N2O2/c9-8(1-5-12-6-2-8)7(11)10-3-4-10/h1-6,9H2. The highest BCUT2D eigenvalue weighted by atomic mass is 16.5. The molecule has 4 heteroatoms. The van der Waals surface area contributed by atoms with Gasteiger partial charge in [0.2, 0.25) is 5.91 Å². The SMILES string of the molecule is NC1(C(=O)N2CC2)CCOCC1. The second-order valence-corrected chi connectivity index (χ2v) is 3.56. The summed E-state index contributed by atoms with van der Waals surface area (Å²) in [5, 5.41) is 0. The largest absolute Gasteiger partial charge is 0.381 e. The van der Waals surface area contributed by atoms with Gasteiger partial charge in [-0.2, -0.15) is 0 Å². The van der Waals surface area contributed by atoms with E-state index in [0.717, 1.165) is 13.1 Å². The Hall–Kier alpha value is -0.610. The maximum atomic E-state index is 11.6. The molecule has 2 aliphatic heterocycles. The molecule has 12 heavy (non-hydrogen) atoms. The fraction of sp³-hybridized carbons (Fsp3) is 0.875. The van der Waals surface area contributed by atoms with Crippen molar-refractivity contribution in [2.45, 2.75) is 18.4 Å². The van der Waals surface area contributed by atoms with Gasteiger partial charge in [0.1, 0.15) is 0 Å². The van der Waals surface area contributed by atoms with Crippen molar-refractivity contribution in [1.29, 1.82) is 0 Å². The van der Waals surface area contributed by atoms with E-state index in [1.165, 1.54) is 0 Å². The Morgan fingerprint density at radius 1 is 1.33 bits per heavy atom. The van der Waals surface area contributed by atoms with Gasteiger partial charge in [-0.1, -0.05) is 0 Å². The van der Waals surface area contributed by atoms with Gasteiger partial charge < -0.3 is 15.4 Å². The summed E-state index contributed by atoms with van der Waals surface area (Å²) in [5.41, 5.74) is 5.36. The molecule has 2 N–H and O–H groups in total. The number of carbonyl (C=O) groups excluding carboxylic acids is 1. The first-order valence-corrected chi connectivity index (χ1v) is 4.38. The molecule has 2 rings (SSSR count). The van der Waals surface area contributed by atoms with Crippen molar-refractivity contribution < 1.29 is 9.53 Å². The van der Waals surface area contributed by atoms with Crippen molar-refractivity contribution in [3.8, 4) is 0 Å². The lowest BCUT2D eigenvalue weighted by Crippen LogP contribution is -2.54. The summed E-state index contributed by atoms with van der Waals surface area (Å²) < 4.78 is 5.16. The van der Waals surface area contributed by atoms with E-state index >= 15 is 0 Å². The first-order valence-electron chi connectivity index (χ1n) is 4.38. The third-order valence-corrected chi connectivity index (χ3v) is 2.55. The lowest BCUT2D eigenvalue weighted by molar-refractivity contribution is -0.134. The number of nitrogens with zero attached hydrogens (tertiary/aromatic N) is 1. The summed E-state index contributed by atoms with van der Waals surface area (Å²) >= 11 is 0. The van der Waals surface area contributed by atoms with E-state index in [0.29, 0.717) is 26.1 Å². The number of rotatable bonds is 1. The zero-order chi connectivity index (χ0) is 8.60. The lowest BCUT2D eigenvalue weighted by Gasteiger charge is -2.31. The third kappa shape index (κ3) is 1.32. The van der Waals surface area contributed by atoms with Gasteiger partial charge in [-0.3, -0.25) is 4.79 Å². The van der Waals surface area contributed by atoms with Crippen LogP contribution in [0.4, 0.5) is 0 Å². The van der Waals surface area contributed by atoms with Crippen LogP contribution in [-0.4, -0.2) is 42.6 Å². The van der Waals surface area contributed by atoms with Gasteiger partial charge in [0, 0.05) is 26.3 Å². The summed E-state index contributed by atoms with van der Waals surface area (Å²) in [7, 11) is 0. The van der Waals surface area contributed by atoms with Crippen LogP contribution in [0.5, 0.6) is 0 Å². The average molecular weight is 170 g/mol.